The molecule has 0 spiro atoms. The Kier molecular flexibility index (Phi) is 6.16. The van der Waals surface area contributed by atoms with Crippen molar-refractivity contribution in [3.05, 3.63) is 60.4 Å². The number of ether oxygens (including phenoxy) is 1. The lowest BCUT2D eigenvalue weighted by Gasteiger charge is -2.18. The molecule has 2 amide bonds. The largest absolute Gasteiger partial charge is 0.497 e. The minimum atomic E-state index is -0.323. The van der Waals surface area contributed by atoms with Gasteiger partial charge in [-0.05, 0) is 56.2 Å². The smallest absolute Gasteiger partial charge is 0.323 e. The highest BCUT2D eigenvalue weighted by Crippen LogP contribution is 2.24. The van der Waals surface area contributed by atoms with Crippen molar-refractivity contribution in [2.24, 2.45) is 0 Å². The number of nitrogens with one attached hydrogen (secondary N) is 3. The zero-order chi connectivity index (χ0) is 21.6. The maximum atomic E-state index is 12.3. The van der Waals surface area contributed by atoms with Gasteiger partial charge in [-0.15, -0.1) is 0 Å². The fourth-order valence-corrected chi connectivity index (χ4v) is 3.50. The van der Waals surface area contributed by atoms with Gasteiger partial charge in [0.2, 0.25) is 0 Å². The molecule has 1 saturated heterocycles. The van der Waals surface area contributed by atoms with E-state index in [0.29, 0.717) is 17.1 Å². The summed E-state index contributed by atoms with van der Waals surface area (Å²) in [5.74, 6) is 3.13. The predicted octanol–water partition coefficient (Wildman–Crippen LogP) is 4.78. The van der Waals surface area contributed by atoms with Crippen LogP contribution >= 0.6 is 0 Å². The van der Waals surface area contributed by atoms with Crippen molar-refractivity contribution in [1.29, 1.82) is 0 Å². The highest BCUT2D eigenvalue weighted by molar-refractivity contribution is 5.99. The lowest BCUT2D eigenvalue weighted by molar-refractivity contribution is 0.262. The van der Waals surface area contributed by atoms with E-state index in [0.717, 1.165) is 36.2 Å². The van der Waals surface area contributed by atoms with Crippen LogP contribution < -0.4 is 25.6 Å². The Balaban J connectivity index is 1.37. The topological polar surface area (TPSA) is 91.4 Å². The van der Waals surface area contributed by atoms with Gasteiger partial charge >= 0.3 is 6.03 Å². The van der Waals surface area contributed by atoms with Crippen LogP contribution in [0, 0.1) is 6.92 Å². The first-order valence-corrected chi connectivity index (χ1v) is 10.3. The summed E-state index contributed by atoms with van der Waals surface area (Å²) in [6.45, 7) is 3.97. The lowest BCUT2D eigenvalue weighted by Crippen LogP contribution is -2.20. The number of carbonyl (C=O) groups is 1. The molecule has 0 unspecified atom stereocenters. The van der Waals surface area contributed by atoms with Crippen LogP contribution in [0.25, 0.3) is 0 Å². The van der Waals surface area contributed by atoms with Gasteiger partial charge in [0.15, 0.2) is 0 Å². The van der Waals surface area contributed by atoms with Crippen LogP contribution in [-0.4, -0.2) is 36.2 Å². The number of anilines is 5. The summed E-state index contributed by atoms with van der Waals surface area (Å²) in [5.41, 5.74) is 2.22. The van der Waals surface area contributed by atoms with E-state index in [1.807, 2.05) is 49.4 Å². The molecule has 2 aromatic carbocycles. The molecule has 4 rings (SSSR count). The van der Waals surface area contributed by atoms with Crippen LogP contribution in [0.4, 0.5) is 33.5 Å². The van der Waals surface area contributed by atoms with Crippen LogP contribution in [0.5, 0.6) is 5.75 Å². The molecule has 1 aliphatic heterocycles. The third kappa shape index (κ3) is 5.42. The second-order valence-corrected chi connectivity index (χ2v) is 7.37. The minimum absolute atomic E-state index is 0.323. The summed E-state index contributed by atoms with van der Waals surface area (Å²) in [6, 6.07) is 16.3. The number of amides is 2. The Bertz CT molecular complexity index is 1050. The first-order valence-electron chi connectivity index (χ1n) is 10.3. The number of nitrogens with zero attached hydrogens (tertiary/aromatic N) is 3. The molecule has 31 heavy (non-hydrogen) atoms. The summed E-state index contributed by atoms with van der Waals surface area (Å²) in [7, 11) is 1.59. The molecule has 0 bridgehead atoms. The normalized spacial score (nSPS) is 13.0. The number of aromatic nitrogens is 2. The maximum Gasteiger partial charge on any atom is 0.323 e. The van der Waals surface area contributed by atoms with Crippen LogP contribution in [0.15, 0.2) is 54.6 Å². The van der Waals surface area contributed by atoms with E-state index in [1.165, 1.54) is 12.8 Å². The monoisotopic (exact) mass is 418 g/mol. The molecule has 8 nitrogen and oxygen atoms in total. The lowest BCUT2D eigenvalue weighted by atomic mass is 10.2. The number of methoxy groups -OCH3 is 1. The Morgan fingerprint density at radius 3 is 2.39 bits per heavy atom. The molecular formula is C23H26N6O2. The molecule has 0 radical (unpaired) electrons. The first-order chi connectivity index (χ1) is 15.1. The van der Waals surface area contributed by atoms with Crippen molar-refractivity contribution < 1.29 is 9.53 Å². The van der Waals surface area contributed by atoms with Gasteiger partial charge < -0.3 is 25.6 Å². The van der Waals surface area contributed by atoms with E-state index in [1.54, 1.807) is 19.2 Å². The van der Waals surface area contributed by atoms with E-state index in [2.05, 4.69) is 30.8 Å². The van der Waals surface area contributed by atoms with Gasteiger partial charge in [-0.3, -0.25) is 0 Å². The Labute approximate surface area is 181 Å². The zero-order valence-corrected chi connectivity index (χ0v) is 17.7. The van der Waals surface area contributed by atoms with Gasteiger partial charge in [-0.25, -0.2) is 14.8 Å². The fraction of sp³-hybridized carbons (Fsp3) is 0.261. The second kappa shape index (κ2) is 9.34. The van der Waals surface area contributed by atoms with E-state index in [9.17, 15) is 4.79 Å². The van der Waals surface area contributed by atoms with Gasteiger partial charge in [-0.1, -0.05) is 6.07 Å². The van der Waals surface area contributed by atoms with Crippen molar-refractivity contribution in [2.75, 3.05) is 41.0 Å². The van der Waals surface area contributed by atoms with E-state index in [4.69, 9.17) is 4.74 Å². The molecule has 2 heterocycles. The van der Waals surface area contributed by atoms with Crippen molar-refractivity contribution in [2.45, 2.75) is 19.8 Å². The van der Waals surface area contributed by atoms with Crippen LogP contribution in [-0.2, 0) is 0 Å². The quantitative estimate of drug-likeness (QED) is 0.534. The Hall–Kier alpha value is -3.81. The minimum Gasteiger partial charge on any atom is -0.497 e. The van der Waals surface area contributed by atoms with Gasteiger partial charge in [-0.2, -0.15) is 0 Å². The number of benzene rings is 2. The standard InChI is InChI=1S/C23H26N6O2/c1-16-24-21(15-22(25-16)29-12-3-4-13-29)26-17-8-10-18(11-9-17)27-23(30)28-19-6-5-7-20(14-19)31-2/h5-11,14-15H,3-4,12-13H2,1-2H3,(H,24,25,26)(H2,27,28,30). The average molecular weight is 419 g/mol. The third-order valence-corrected chi connectivity index (χ3v) is 5.00. The third-order valence-electron chi connectivity index (χ3n) is 5.00. The molecular weight excluding hydrogens is 392 g/mol. The number of rotatable bonds is 6. The fourth-order valence-electron chi connectivity index (χ4n) is 3.50. The Morgan fingerprint density at radius 1 is 0.935 bits per heavy atom. The van der Waals surface area contributed by atoms with Gasteiger partial charge in [0.1, 0.15) is 23.2 Å². The number of hydrogen-bond donors (Lipinski definition) is 3. The first kappa shape index (κ1) is 20.5. The summed E-state index contributed by atoms with van der Waals surface area (Å²) in [6.07, 6.45) is 2.40. The molecule has 3 N–H and O–H groups in total. The highest BCUT2D eigenvalue weighted by Gasteiger charge is 2.15. The molecule has 160 valence electrons. The molecule has 8 heteroatoms. The van der Waals surface area contributed by atoms with Gasteiger partial charge in [0.25, 0.3) is 0 Å². The molecule has 1 aliphatic rings. The molecule has 1 fully saturated rings. The van der Waals surface area contributed by atoms with E-state index >= 15 is 0 Å². The molecule has 1 aromatic heterocycles. The SMILES string of the molecule is COc1cccc(NC(=O)Nc2ccc(Nc3cc(N4CCCC4)nc(C)n3)cc2)c1. The molecule has 0 saturated carbocycles. The van der Waals surface area contributed by atoms with Gasteiger partial charge in [0, 0.05) is 42.3 Å². The summed E-state index contributed by atoms with van der Waals surface area (Å²) >= 11 is 0. The van der Waals surface area contributed by atoms with Crippen molar-refractivity contribution in [1.82, 2.24) is 9.97 Å². The summed E-state index contributed by atoms with van der Waals surface area (Å²) in [4.78, 5) is 23.6. The number of urea groups is 1. The summed E-state index contributed by atoms with van der Waals surface area (Å²) < 4.78 is 5.17. The van der Waals surface area contributed by atoms with Crippen LogP contribution in [0.2, 0.25) is 0 Å². The Morgan fingerprint density at radius 2 is 1.65 bits per heavy atom. The number of carbonyl (C=O) groups excluding carboxylic acids is 1. The van der Waals surface area contributed by atoms with Crippen molar-refractivity contribution in [3.8, 4) is 5.75 Å². The zero-order valence-electron chi connectivity index (χ0n) is 17.7. The second-order valence-electron chi connectivity index (χ2n) is 7.37. The van der Waals surface area contributed by atoms with Crippen LogP contribution in [0.3, 0.4) is 0 Å². The average Bonchev–Trinajstić information content (AvgIpc) is 3.30. The molecule has 0 aliphatic carbocycles. The molecule has 3 aromatic rings. The maximum absolute atomic E-state index is 12.3. The summed E-state index contributed by atoms with van der Waals surface area (Å²) in [5, 5.41) is 8.94. The van der Waals surface area contributed by atoms with Crippen molar-refractivity contribution in [3.63, 3.8) is 0 Å². The number of hydrogen-bond acceptors (Lipinski definition) is 6. The highest BCUT2D eigenvalue weighted by atomic mass is 16.5. The molecule has 0 atom stereocenters. The predicted molar refractivity (Wildman–Crippen MR) is 124 cm³/mol. The van der Waals surface area contributed by atoms with E-state index in [-0.39, 0.29) is 6.03 Å². The van der Waals surface area contributed by atoms with Gasteiger partial charge in [0.05, 0.1) is 7.11 Å². The van der Waals surface area contributed by atoms with E-state index < -0.39 is 0 Å². The van der Waals surface area contributed by atoms with Crippen LogP contribution in [0.1, 0.15) is 18.7 Å². The number of aryl methyl sites for hydroxylation is 1. The van der Waals surface area contributed by atoms with Crippen molar-refractivity contribution >= 4 is 34.7 Å².